The van der Waals surface area contributed by atoms with Crippen LogP contribution in [0.1, 0.15) is 25.5 Å². The minimum atomic E-state index is 0. The van der Waals surface area contributed by atoms with Gasteiger partial charge in [-0.3, -0.25) is 0 Å². The Morgan fingerprint density at radius 3 is 2.78 bits per heavy atom. The average Bonchev–Trinajstić information content (AvgIpc) is 2.68. The molecule has 4 heteroatoms. The van der Waals surface area contributed by atoms with Crippen molar-refractivity contribution < 1.29 is 25.2 Å². The first-order valence-corrected chi connectivity index (χ1v) is 6.14. The second-order valence-electron chi connectivity index (χ2n) is 4.18. The molecule has 1 aromatic heterocycles. The molecule has 0 amide bonds. The van der Waals surface area contributed by atoms with Crippen molar-refractivity contribution in [2.24, 2.45) is 0 Å². The Labute approximate surface area is 122 Å². The van der Waals surface area contributed by atoms with Gasteiger partial charge in [-0.15, -0.1) is 0 Å². The average molecular weight is 338 g/mol. The van der Waals surface area contributed by atoms with Gasteiger partial charge in [0.2, 0.25) is 0 Å². The molecule has 2 aromatic rings. The Bertz CT molecular complexity index is 508. The molecule has 1 aromatic carbocycles. The molecular weight excluding hydrogens is 319 g/mol. The first kappa shape index (κ1) is 15.1. The van der Waals surface area contributed by atoms with Crippen LogP contribution in [0, 0.1) is 6.92 Å². The molecule has 0 saturated carbocycles. The minimum Gasteiger partial charge on any atom is -0.493 e. The number of hydrogen-bond donors (Lipinski definition) is 1. The molecule has 0 atom stereocenters. The Balaban J connectivity index is 0.00000162. The van der Waals surface area contributed by atoms with E-state index in [1.54, 1.807) is 0 Å². The van der Waals surface area contributed by atoms with Crippen molar-refractivity contribution in [2.75, 3.05) is 19.0 Å². The Hall–Kier alpha value is -0.978. The third-order valence-corrected chi connectivity index (χ3v) is 2.92. The number of fused-ring (bicyclic) bond motifs is 1. The van der Waals surface area contributed by atoms with Gasteiger partial charge in [0.25, 0.3) is 0 Å². The van der Waals surface area contributed by atoms with E-state index in [0.717, 1.165) is 42.1 Å². The molecule has 1 heterocycles. The van der Waals surface area contributed by atoms with Crippen LogP contribution in [0.15, 0.2) is 18.2 Å². The Kier molecular flexibility index (Phi) is 5.72. The van der Waals surface area contributed by atoms with E-state index in [1.807, 2.05) is 26.1 Å². The van der Waals surface area contributed by atoms with Crippen LogP contribution in [0.4, 0.5) is 5.82 Å². The van der Waals surface area contributed by atoms with Crippen molar-refractivity contribution in [3.05, 3.63) is 23.9 Å². The van der Waals surface area contributed by atoms with Crippen molar-refractivity contribution >= 4 is 16.6 Å². The molecule has 0 spiro atoms. The first-order valence-electron chi connectivity index (χ1n) is 6.14. The monoisotopic (exact) mass is 337 g/mol. The zero-order valence-electron chi connectivity index (χ0n) is 11.0. The van der Waals surface area contributed by atoms with Crippen molar-refractivity contribution in [3.8, 4) is 5.75 Å². The fourth-order valence-electron chi connectivity index (χ4n) is 1.99. The molecule has 18 heavy (non-hydrogen) atoms. The second-order valence-corrected chi connectivity index (χ2v) is 4.18. The summed E-state index contributed by atoms with van der Waals surface area (Å²) in [6.45, 7) is 4.96. The van der Waals surface area contributed by atoms with Crippen LogP contribution in [-0.4, -0.2) is 13.7 Å². The molecular formula is C14H19N2OPd-. The molecule has 0 aliphatic rings. The predicted octanol–water partition coefficient (Wildman–Crippen LogP) is 3.32. The number of unbranched alkanes of at least 4 members (excludes halogenated alkanes) is 1. The summed E-state index contributed by atoms with van der Waals surface area (Å²) in [6, 6.07) is 6.13. The molecule has 0 saturated heterocycles. The van der Waals surface area contributed by atoms with Crippen LogP contribution in [0.3, 0.4) is 0 Å². The molecule has 0 radical (unpaired) electrons. The largest absolute Gasteiger partial charge is 0.493 e. The van der Waals surface area contributed by atoms with Gasteiger partial charge in [-0.05, 0) is 24.8 Å². The summed E-state index contributed by atoms with van der Waals surface area (Å²) in [4.78, 5) is 4.51. The number of hydrogen-bond acceptors (Lipinski definition) is 2. The number of aromatic nitrogens is 1. The zero-order valence-corrected chi connectivity index (χ0v) is 12.6. The summed E-state index contributed by atoms with van der Waals surface area (Å²) in [7, 11) is 1.89. The number of rotatable bonds is 5. The van der Waals surface area contributed by atoms with Gasteiger partial charge in [0, 0.05) is 25.8 Å². The molecule has 0 aliphatic heterocycles. The summed E-state index contributed by atoms with van der Waals surface area (Å²) in [5.74, 6) is 1.84. The quantitative estimate of drug-likeness (QED) is 0.671. The minimum absolute atomic E-state index is 0. The van der Waals surface area contributed by atoms with E-state index in [1.165, 1.54) is 5.39 Å². The van der Waals surface area contributed by atoms with E-state index < -0.39 is 0 Å². The van der Waals surface area contributed by atoms with Crippen LogP contribution in [0.5, 0.6) is 5.75 Å². The number of anilines is 1. The maximum Gasteiger partial charge on any atom is 0.126 e. The number of ether oxygens (including phenoxy) is 1. The third kappa shape index (κ3) is 2.88. The summed E-state index contributed by atoms with van der Waals surface area (Å²) in [6.07, 6.45) is 2.23. The van der Waals surface area contributed by atoms with E-state index in [4.69, 9.17) is 4.74 Å². The number of nitrogens with one attached hydrogen (secondary N) is 1. The maximum absolute atomic E-state index is 5.84. The van der Waals surface area contributed by atoms with Crippen molar-refractivity contribution in [3.63, 3.8) is 0 Å². The van der Waals surface area contributed by atoms with Crippen LogP contribution in [-0.2, 0) is 20.4 Å². The number of nitrogens with zero attached hydrogens (tertiary/aromatic N) is 1. The van der Waals surface area contributed by atoms with E-state index in [0.29, 0.717) is 0 Å². The Morgan fingerprint density at radius 2 is 2.11 bits per heavy atom. The van der Waals surface area contributed by atoms with Gasteiger partial charge in [-0.1, -0.05) is 44.0 Å². The van der Waals surface area contributed by atoms with Crippen LogP contribution in [0.2, 0.25) is 0 Å². The van der Waals surface area contributed by atoms with Gasteiger partial charge in [-0.2, -0.15) is 0 Å². The van der Waals surface area contributed by atoms with Crippen LogP contribution >= 0.6 is 0 Å². The molecule has 1 N–H and O–H groups in total. The smallest absolute Gasteiger partial charge is 0.126 e. The molecule has 0 fully saturated rings. The molecule has 0 bridgehead atoms. The molecule has 0 unspecified atom stereocenters. The molecule has 2 rings (SSSR count). The normalized spacial score (nSPS) is 10.2. The van der Waals surface area contributed by atoms with Gasteiger partial charge in [-0.25, -0.2) is 0 Å². The summed E-state index contributed by atoms with van der Waals surface area (Å²) < 4.78 is 5.84. The molecule has 102 valence electrons. The fourth-order valence-corrected chi connectivity index (χ4v) is 1.99. The standard InChI is InChI=1S/C14H19N2O.Pd/c1-4-5-9-17-12-8-6-7-11-10(2)16-14(15-3)13(11)12;/h6-8,15H,4-5,9H2,1-3H3;/q-1;. The Morgan fingerprint density at radius 1 is 1.33 bits per heavy atom. The molecule has 3 nitrogen and oxygen atoms in total. The van der Waals surface area contributed by atoms with Crippen LogP contribution < -0.4 is 15.0 Å². The predicted molar refractivity (Wildman–Crippen MR) is 72.0 cm³/mol. The molecule has 0 aliphatic carbocycles. The van der Waals surface area contributed by atoms with Crippen LogP contribution in [0.25, 0.3) is 10.8 Å². The summed E-state index contributed by atoms with van der Waals surface area (Å²) in [5.41, 5.74) is 1.05. The first-order chi connectivity index (χ1) is 8.27. The van der Waals surface area contributed by atoms with Gasteiger partial charge < -0.3 is 15.0 Å². The maximum atomic E-state index is 5.84. The van der Waals surface area contributed by atoms with Crippen molar-refractivity contribution in [2.45, 2.75) is 26.7 Å². The zero-order chi connectivity index (χ0) is 12.3. The van der Waals surface area contributed by atoms with E-state index in [-0.39, 0.29) is 20.4 Å². The number of aryl methyl sites for hydroxylation is 1. The number of benzene rings is 1. The fraction of sp³-hybridized carbons (Fsp3) is 0.429. The SMILES string of the molecule is CCCCOc1cccc2c(C)[n-]c(NC)c12.[Pd]. The second kappa shape index (κ2) is 6.82. The van der Waals surface area contributed by atoms with Gasteiger partial charge in [0.15, 0.2) is 0 Å². The van der Waals surface area contributed by atoms with Gasteiger partial charge >= 0.3 is 0 Å². The third-order valence-electron chi connectivity index (χ3n) is 2.92. The van der Waals surface area contributed by atoms with E-state index in [9.17, 15) is 0 Å². The van der Waals surface area contributed by atoms with Gasteiger partial charge in [0.1, 0.15) is 5.75 Å². The van der Waals surface area contributed by atoms with E-state index >= 15 is 0 Å². The summed E-state index contributed by atoms with van der Waals surface area (Å²) >= 11 is 0. The van der Waals surface area contributed by atoms with E-state index in [2.05, 4.69) is 23.3 Å². The van der Waals surface area contributed by atoms with Gasteiger partial charge in [0.05, 0.1) is 6.61 Å². The topological polar surface area (TPSA) is 35.4 Å². The van der Waals surface area contributed by atoms with Crippen molar-refractivity contribution in [1.29, 1.82) is 0 Å². The summed E-state index contributed by atoms with van der Waals surface area (Å²) in [5, 5.41) is 5.40. The van der Waals surface area contributed by atoms with Crippen molar-refractivity contribution in [1.82, 2.24) is 4.98 Å².